The SMILES string of the molecule is CC(C)NCCNCc1ccc(Cl)c(C(=O)NCC23CCC[C@@H]4CC(CC4C2)C3)c1. The Hall–Kier alpha value is -1.10. The van der Waals surface area contributed by atoms with Gasteiger partial charge in [0.05, 0.1) is 10.6 Å². The van der Waals surface area contributed by atoms with Gasteiger partial charge in [-0.25, -0.2) is 0 Å². The summed E-state index contributed by atoms with van der Waals surface area (Å²) in [6.07, 6.45) is 9.52. The zero-order valence-electron chi connectivity index (χ0n) is 18.6. The van der Waals surface area contributed by atoms with Crippen LogP contribution in [-0.4, -0.2) is 31.6 Å². The quantitative estimate of drug-likeness (QED) is 0.494. The van der Waals surface area contributed by atoms with E-state index in [1.54, 1.807) is 0 Å². The maximum Gasteiger partial charge on any atom is 0.252 e. The molecule has 0 aliphatic heterocycles. The predicted octanol–water partition coefficient (Wildman–Crippen LogP) is 4.76. The number of hydrogen-bond donors (Lipinski definition) is 3. The van der Waals surface area contributed by atoms with Crippen LogP contribution in [0.15, 0.2) is 18.2 Å². The number of fused-ring (bicyclic) bond motifs is 2. The molecule has 3 aliphatic carbocycles. The lowest BCUT2D eigenvalue weighted by atomic mass is 9.67. The van der Waals surface area contributed by atoms with Crippen molar-refractivity contribution in [2.24, 2.45) is 23.2 Å². The van der Waals surface area contributed by atoms with E-state index in [1.807, 2.05) is 18.2 Å². The summed E-state index contributed by atoms with van der Waals surface area (Å²) in [5.74, 6) is 2.75. The van der Waals surface area contributed by atoms with Crippen molar-refractivity contribution in [2.75, 3.05) is 19.6 Å². The molecule has 0 aromatic heterocycles. The molecule has 3 unspecified atom stereocenters. The van der Waals surface area contributed by atoms with Crippen LogP contribution in [0.2, 0.25) is 5.02 Å². The average Bonchev–Trinajstić information content (AvgIpc) is 2.93. The van der Waals surface area contributed by atoms with Gasteiger partial charge in [-0.05, 0) is 73.0 Å². The van der Waals surface area contributed by atoms with Crippen molar-refractivity contribution < 1.29 is 4.79 Å². The monoisotopic (exact) mass is 431 g/mol. The van der Waals surface area contributed by atoms with Crippen LogP contribution in [0.4, 0.5) is 0 Å². The first-order valence-electron chi connectivity index (χ1n) is 11.9. The number of hydrogen-bond acceptors (Lipinski definition) is 3. The molecular formula is C25H38ClN3O. The van der Waals surface area contributed by atoms with Gasteiger partial charge in [0.1, 0.15) is 0 Å². The molecule has 3 aliphatic rings. The van der Waals surface area contributed by atoms with Gasteiger partial charge >= 0.3 is 0 Å². The smallest absolute Gasteiger partial charge is 0.252 e. The molecule has 4 atom stereocenters. The van der Waals surface area contributed by atoms with Crippen LogP contribution in [-0.2, 0) is 6.54 Å². The topological polar surface area (TPSA) is 53.2 Å². The maximum absolute atomic E-state index is 13.0. The molecule has 3 fully saturated rings. The van der Waals surface area contributed by atoms with Crippen molar-refractivity contribution in [2.45, 2.75) is 71.4 Å². The fourth-order valence-corrected chi connectivity index (χ4v) is 6.64. The average molecular weight is 432 g/mol. The molecule has 3 saturated carbocycles. The minimum Gasteiger partial charge on any atom is -0.351 e. The molecule has 3 bridgehead atoms. The van der Waals surface area contributed by atoms with E-state index in [0.717, 1.165) is 49.5 Å². The summed E-state index contributed by atoms with van der Waals surface area (Å²) in [6.45, 7) is 7.68. The Morgan fingerprint density at radius 1 is 1.20 bits per heavy atom. The summed E-state index contributed by atoms with van der Waals surface area (Å²) in [5.41, 5.74) is 2.03. The van der Waals surface area contributed by atoms with Gasteiger partial charge in [0.15, 0.2) is 0 Å². The number of halogens is 1. The molecule has 4 rings (SSSR count). The standard InChI is InChI=1S/C25H38ClN3O/c1-17(2)28-9-8-27-15-18-5-6-23(26)22(12-18)24(30)29-16-25-7-3-4-20-10-19(13-25)11-21(20)14-25/h5-6,12,17,19-21,27-28H,3-4,7-11,13-16H2,1-2H3,(H,29,30)/t19?,20-,21?,25?/m1/s1. The molecule has 5 heteroatoms. The molecule has 166 valence electrons. The highest BCUT2D eigenvalue weighted by Crippen LogP contribution is 2.58. The number of carbonyl (C=O) groups excluding carboxylic acids is 1. The highest BCUT2D eigenvalue weighted by Gasteiger charge is 2.49. The third-order valence-electron chi connectivity index (χ3n) is 7.72. The van der Waals surface area contributed by atoms with Crippen molar-refractivity contribution in [1.29, 1.82) is 0 Å². The largest absolute Gasteiger partial charge is 0.351 e. The maximum atomic E-state index is 13.0. The Morgan fingerprint density at radius 3 is 2.87 bits per heavy atom. The zero-order chi connectivity index (χ0) is 21.1. The van der Waals surface area contributed by atoms with Crippen molar-refractivity contribution in [1.82, 2.24) is 16.0 Å². The Morgan fingerprint density at radius 2 is 2.03 bits per heavy atom. The minimum absolute atomic E-state index is 0.0172. The van der Waals surface area contributed by atoms with Crippen molar-refractivity contribution in [3.05, 3.63) is 34.3 Å². The first-order valence-corrected chi connectivity index (χ1v) is 12.3. The summed E-state index contributed by atoms with van der Waals surface area (Å²) in [5, 5.41) is 10.7. The highest BCUT2D eigenvalue weighted by atomic mass is 35.5. The van der Waals surface area contributed by atoms with Crippen molar-refractivity contribution in [3.8, 4) is 0 Å². The lowest BCUT2D eigenvalue weighted by molar-refractivity contribution is 0.0854. The number of nitrogens with one attached hydrogen (secondary N) is 3. The second-order valence-electron chi connectivity index (χ2n) is 10.4. The van der Waals surface area contributed by atoms with Gasteiger partial charge in [-0.2, -0.15) is 0 Å². The second kappa shape index (κ2) is 9.58. The van der Waals surface area contributed by atoms with Crippen LogP contribution in [0, 0.1) is 23.2 Å². The Kier molecular flexibility index (Phi) is 7.06. The van der Waals surface area contributed by atoms with E-state index in [1.165, 1.54) is 44.9 Å². The molecule has 3 N–H and O–H groups in total. The van der Waals surface area contributed by atoms with Gasteiger partial charge in [0.2, 0.25) is 0 Å². The molecule has 1 aromatic carbocycles. The van der Waals surface area contributed by atoms with Crippen LogP contribution in [0.5, 0.6) is 0 Å². The summed E-state index contributed by atoms with van der Waals surface area (Å²) < 4.78 is 0. The van der Waals surface area contributed by atoms with Gasteiger partial charge in [0.25, 0.3) is 5.91 Å². The molecule has 0 radical (unpaired) electrons. The molecular weight excluding hydrogens is 394 g/mol. The second-order valence-corrected chi connectivity index (χ2v) is 10.8. The first-order chi connectivity index (χ1) is 14.4. The molecule has 30 heavy (non-hydrogen) atoms. The Labute approximate surface area is 186 Å². The summed E-state index contributed by atoms with van der Waals surface area (Å²) >= 11 is 6.40. The lowest BCUT2D eigenvalue weighted by Crippen LogP contribution is -2.41. The fourth-order valence-electron chi connectivity index (χ4n) is 6.44. The first kappa shape index (κ1) is 22.1. The van der Waals surface area contributed by atoms with Crippen molar-refractivity contribution in [3.63, 3.8) is 0 Å². The highest BCUT2D eigenvalue weighted by molar-refractivity contribution is 6.33. The van der Waals surface area contributed by atoms with E-state index in [0.29, 0.717) is 22.0 Å². The number of amides is 1. The predicted molar refractivity (Wildman–Crippen MR) is 124 cm³/mol. The molecule has 4 nitrogen and oxygen atoms in total. The number of benzene rings is 1. The summed E-state index contributed by atoms with van der Waals surface area (Å²) in [6, 6.07) is 6.31. The third-order valence-corrected chi connectivity index (χ3v) is 8.05. The normalized spacial score (nSPS) is 29.9. The number of carbonyl (C=O) groups is 1. The summed E-state index contributed by atoms with van der Waals surface area (Å²) in [4.78, 5) is 13.0. The molecule has 0 spiro atoms. The lowest BCUT2D eigenvalue weighted by Gasteiger charge is -2.40. The van der Waals surface area contributed by atoms with E-state index in [2.05, 4.69) is 29.8 Å². The molecule has 1 aromatic rings. The van der Waals surface area contributed by atoms with Gasteiger partial charge in [-0.3, -0.25) is 4.79 Å². The van der Waals surface area contributed by atoms with Gasteiger partial charge in [0, 0.05) is 32.2 Å². The molecule has 1 amide bonds. The van der Waals surface area contributed by atoms with Gasteiger partial charge in [-0.15, -0.1) is 0 Å². The minimum atomic E-state index is -0.0172. The van der Waals surface area contributed by atoms with Crippen LogP contribution >= 0.6 is 11.6 Å². The van der Waals surface area contributed by atoms with E-state index in [-0.39, 0.29) is 5.91 Å². The van der Waals surface area contributed by atoms with E-state index in [9.17, 15) is 4.79 Å². The van der Waals surface area contributed by atoms with Gasteiger partial charge < -0.3 is 16.0 Å². The van der Waals surface area contributed by atoms with E-state index < -0.39 is 0 Å². The Bertz CT molecular complexity index is 752. The van der Waals surface area contributed by atoms with E-state index >= 15 is 0 Å². The molecule has 0 heterocycles. The number of rotatable bonds is 9. The van der Waals surface area contributed by atoms with Crippen molar-refractivity contribution >= 4 is 17.5 Å². The fraction of sp³-hybridized carbons (Fsp3) is 0.720. The van der Waals surface area contributed by atoms with Gasteiger partial charge in [-0.1, -0.05) is 44.4 Å². The van der Waals surface area contributed by atoms with Crippen LogP contribution in [0.3, 0.4) is 0 Å². The van der Waals surface area contributed by atoms with E-state index in [4.69, 9.17) is 11.6 Å². The Balaban J connectivity index is 1.33. The van der Waals surface area contributed by atoms with Crippen LogP contribution in [0.25, 0.3) is 0 Å². The third kappa shape index (κ3) is 5.20. The summed E-state index contributed by atoms with van der Waals surface area (Å²) in [7, 11) is 0. The van der Waals surface area contributed by atoms with Crippen LogP contribution < -0.4 is 16.0 Å². The zero-order valence-corrected chi connectivity index (χ0v) is 19.4. The molecule has 0 saturated heterocycles. The van der Waals surface area contributed by atoms with Crippen LogP contribution in [0.1, 0.15) is 74.7 Å².